The Balaban J connectivity index is 2.28. The number of hydrogen-bond donors (Lipinski definition) is 0. The zero-order chi connectivity index (χ0) is 8.39. The van der Waals surface area contributed by atoms with Crippen molar-refractivity contribution < 1.29 is 0 Å². The number of aromatic nitrogens is 1. The lowest BCUT2D eigenvalue weighted by atomic mass is 10.1. The first kappa shape index (κ1) is 7.74. The molecule has 0 saturated carbocycles. The van der Waals surface area contributed by atoms with Crippen LogP contribution >= 0.6 is 11.6 Å². The zero-order valence-corrected chi connectivity index (χ0v) is 7.38. The van der Waals surface area contributed by atoms with Gasteiger partial charge in [-0.2, -0.15) is 0 Å². The molecule has 0 saturated heterocycles. The topological polar surface area (TPSA) is 25.2 Å². The van der Waals surface area contributed by atoms with E-state index in [4.69, 9.17) is 11.6 Å². The van der Waals surface area contributed by atoms with Crippen LogP contribution in [0.25, 0.3) is 0 Å². The summed E-state index contributed by atoms with van der Waals surface area (Å²) in [5.74, 6) is 0. The van der Waals surface area contributed by atoms with Gasteiger partial charge in [0.2, 0.25) is 0 Å². The first-order valence-electron chi connectivity index (χ1n) is 4.01. The average molecular weight is 181 g/mol. The SMILES string of the molecule is Clc1ccc(C2=NCCC2)cn1. The lowest BCUT2D eigenvalue weighted by Crippen LogP contribution is -1.96. The van der Waals surface area contributed by atoms with Crippen LogP contribution < -0.4 is 0 Å². The standard InChI is InChI=1S/C9H9ClN2/c10-9-4-3-7(6-12-9)8-2-1-5-11-8/h3-4,6H,1-2,5H2. The van der Waals surface area contributed by atoms with Gasteiger partial charge in [-0.1, -0.05) is 11.6 Å². The molecule has 0 aliphatic carbocycles. The molecule has 1 aliphatic heterocycles. The van der Waals surface area contributed by atoms with Crippen molar-refractivity contribution in [3.05, 3.63) is 29.0 Å². The summed E-state index contributed by atoms with van der Waals surface area (Å²) in [4.78, 5) is 8.38. The minimum Gasteiger partial charge on any atom is -0.289 e. The number of hydrogen-bond acceptors (Lipinski definition) is 2. The summed E-state index contributed by atoms with van der Waals surface area (Å²) in [7, 11) is 0. The van der Waals surface area contributed by atoms with Gasteiger partial charge < -0.3 is 0 Å². The van der Waals surface area contributed by atoms with Gasteiger partial charge >= 0.3 is 0 Å². The van der Waals surface area contributed by atoms with Crippen LogP contribution in [-0.2, 0) is 0 Å². The zero-order valence-electron chi connectivity index (χ0n) is 6.63. The molecule has 0 spiro atoms. The van der Waals surface area contributed by atoms with Gasteiger partial charge in [0.15, 0.2) is 0 Å². The van der Waals surface area contributed by atoms with E-state index in [1.165, 1.54) is 5.71 Å². The maximum Gasteiger partial charge on any atom is 0.129 e. The molecule has 2 heterocycles. The summed E-state index contributed by atoms with van der Waals surface area (Å²) in [6, 6.07) is 3.78. The van der Waals surface area contributed by atoms with Crippen molar-refractivity contribution in [2.24, 2.45) is 4.99 Å². The maximum atomic E-state index is 5.67. The third-order valence-corrected chi connectivity index (χ3v) is 2.16. The number of halogens is 1. The average Bonchev–Trinajstić information content (AvgIpc) is 2.58. The van der Waals surface area contributed by atoms with E-state index in [9.17, 15) is 0 Å². The molecule has 2 nitrogen and oxygen atoms in total. The Morgan fingerprint density at radius 2 is 2.25 bits per heavy atom. The van der Waals surface area contributed by atoms with Crippen molar-refractivity contribution in [1.82, 2.24) is 4.98 Å². The van der Waals surface area contributed by atoms with Crippen LogP contribution in [0.2, 0.25) is 5.15 Å². The van der Waals surface area contributed by atoms with Crippen LogP contribution in [0.15, 0.2) is 23.3 Å². The molecule has 0 N–H and O–H groups in total. The highest BCUT2D eigenvalue weighted by atomic mass is 35.5. The van der Waals surface area contributed by atoms with Gasteiger partial charge in [-0.15, -0.1) is 0 Å². The Morgan fingerprint density at radius 3 is 2.83 bits per heavy atom. The molecule has 3 heteroatoms. The van der Waals surface area contributed by atoms with Gasteiger partial charge in [0.05, 0.1) is 0 Å². The fourth-order valence-corrected chi connectivity index (χ4v) is 1.43. The lowest BCUT2D eigenvalue weighted by molar-refractivity contribution is 0.951. The van der Waals surface area contributed by atoms with Crippen molar-refractivity contribution in [2.45, 2.75) is 12.8 Å². The first-order chi connectivity index (χ1) is 5.86. The monoisotopic (exact) mass is 180 g/mol. The Kier molecular flexibility index (Phi) is 2.09. The molecule has 2 rings (SSSR count). The number of nitrogens with zero attached hydrogens (tertiary/aromatic N) is 2. The van der Waals surface area contributed by atoms with E-state index in [2.05, 4.69) is 9.98 Å². The lowest BCUT2D eigenvalue weighted by Gasteiger charge is -1.98. The van der Waals surface area contributed by atoms with Crippen LogP contribution in [0.3, 0.4) is 0 Å². The second-order valence-corrected chi connectivity index (χ2v) is 3.19. The third kappa shape index (κ3) is 1.48. The first-order valence-corrected chi connectivity index (χ1v) is 4.39. The fourth-order valence-electron chi connectivity index (χ4n) is 1.32. The van der Waals surface area contributed by atoms with Gasteiger partial charge in [0, 0.05) is 24.0 Å². The van der Waals surface area contributed by atoms with Crippen molar-refractivity contribution in [1.29, 1.82) is 0 Å². The summed E-state index contributed by atoms with van der Waals surface area (Å²) in [6.07, 6.45) is 4.02. The molecular formula is C9H9ClN2. The van der Waals surface area contributed by atoms with E-state index in [0.29, 0.717) is 5.15 Å². The molecule has 1 aromatic rings. The molecule has 1 aromatic heterocycles. The van der Waals surface area contributed by atoms with Crippen LogP contribution in [0.4, 0.5) is 0 Å². The molecule has 0 atom stereocenters. The summed E-state index contributed by atoms with van der Waals surface area (Å²) >= 11 is 5.67. The van der Waals surface area contributed by atoms with Gasteiger partial charge in [0.1, 0.15) is 5.15 Å². The molecule has 62 valence electrons. The number of rotatable bonds is 1. The Labute approximate surface area is 76.3 Å². The number of pyridine rings is 1. The van der Waals surface area contributed by atoms with Crippen LogP contribution in [0.5, 0.6) is 0 Å². The Morgan fingerprint density at radius 1 is 1.33 bits per heavy atom. The molecule has 0 fully saturated rings. The van der Waals surface area contributed by atoms with Crippen LogP contribution in [-0.4, -0.2) is 17.2 Å². The minimum atomic E-state index is 0.539. The highest BCUT2D eigenvalue weighted by Crippen LogP contribution is 2.13. The van der Waals surface area contributed by atoms with Crippen molar-refractivity contribution >= 4 is 17.3 Å². The highest BCUT2D eigenvalue weighted by Gasteiger charge is 2.08. The van der Waals surface area contributed by atoms with Gasteiger partial charge in [-0.25, -0.2) is 4.98 Å². The van der Waals surface area contributed by atoms with Crippen molar-refractivity contribution in [3.63, 3.8) is 0 Å². The minimum absolute atomic E-state index is 0.539. The second-order valence-electron chi connectivity index (χ2n) is 2.80. The van der Waals surface area contributed by atoms with E-state index in [0.717, 1.165) is 24.9 Å². The predicted octanol–water partition coefficient (Wildman–Crippen LogP) is 2.32. The molecule has 0 unspecified atom stereocenters. The van der Waals surface area contributed by atoms with Crippen molar-refractivity contribution in [3.8, 4) is 0 Å². The molecule has 12 heavy (non-hydrogen) atoms. The van der Waals surface area contributed by atoms with Crippen molar-refractivity contribution in [2.75, 3.05) is 6.54 Å². The highest BCUT2D eigenvalue weighted by molar-refractivity contribution is 6.29. The molecule has 1 aliphatic rings. The molecule has 0 bridgehead atoms. The second kappa shape index (κ2) is 3.23. The van der Waals surface area contributed by atoms with Gasteiger partial charge in [-0.3, -0.25) is 4.99 Å². The summed E-state index contributed by atoms with van der Waals surface area (Å²) in [5, 5.41) is 0.539. The Hall–Kier alpha value is -0.890. The third-order valence-electron chi connectivity index (χ3n) is 1.93. The van der Waals surface area contributed by atoms with E-state index in [1.54, 1.807) is 12.3 Å². The van der Waals surface area contributed by atoms with E-state index >= 15 is 0 Å². The summed E-state index contributed by atoms with van der Waals surface area (Å²) < 4.78 is 0. The smallest absolute Gasteiger partial charge is 0.129 e. The molecular weight excluding hydrogens is 172 g/mol. The molecule has 0 radical (unpaired) electrons. The predicted molar refractivity (Wildman–Crippen MR) is 49.9 cm³/mol. The maximum absolute atomic E-state index is 5.67. The van der Waals surface area contributed by atoms with Crippen LogP contribution in [0, 0.1) is 0 Å². The quantitative estimate of drug-likeness (QED) is 0.609. The molecule has 0 aromatic carbocycles. The number of aliphatic imine (C=N–C) groups is 1. The van der Waals surface area contributed by atoms with E-state index in [-0.39, 0.29) is 0 Å². The van der Waals surface area contributed by atoms with Crippen LogP contribution in [0.1, 0.15) is 18.4 Å². The van der Waals surface area contributed by atoms with Gasteiger partial charge in [-0.05, 0) is 25.0 Å². The van der Waals surface area contributed by atoms with Gasteiger partial charge in [0.25, 0.3) is 0 Å². The fraction of sp³-hybridized carbons (Fsp3) is 0.333. The van der Waals surface area contributed by atoms with E-state index in [1.807, 2.05) is 6.07 Å². The largest absolute Gasteiger partial charge is 0.289 e. The van der Waals surface area contributed by atoms with E-state index < -0.39 is 0 Å². The summed E-state index contributed by atoms with van der Waals surface area (Å²) in [6.45, 7) is 0.956. The molecule has 0 amide bonds. The Bertz CT molecular complexity index is 303. The summed E-state index contributed by atoms with van der Waals surface area (Å²) in [5.41, 5.74) is 2.27. The normalized spacial score (nSPS) is 16.2.